The Labute approximate surface area is 234 Å². The van der Waals surface area contributed by atoms with Crippen molar-refractivity contribution in [2.45, 2.75) is 155 Å². The maximum Gasteiger partial charge on any atom is 0.219 e. The molecule has 0 saturated carbocycles. The van der Waals surface area contributed by atoms with Gasteiger partial charge in [0.05, 0.1) is 13.2 Å². The highest BCUT2D eigenvalue weighted by Crippen LogP contribution is 2.31. The van der Waals surface area contributed by atoms with Gasteiger partial charge in [0, 0.05) is 12.5 Å². The van der Waals surface area contributed by atoms with Crippen molar-refractivity contribution < 1.29 is 14.3 Å². The molecule has 0 aliphatic heterocycles. The highest BCUT2D eigenvalue weighted by molar-refractivity contribution is 5.74. The van der Waals surface area contributed by atoms with E-state index < -0.39 is 11.9 Å². The second-order valence-electron chi connectivity index (χ2n) is 11.0. The molecule has 0 saturated heterocycles. The molecule has 1 unspecified atom stereocenters. The van der Waals surface area contributed by atoms with Crippen LogP contribution in [0.2, 0.25) is 0 Å². The first-order chi connectivity index (χ1) is 18.6. The average molecular weight is 533 g/mol. The molecule has 0 aliphatic rings. The molecule has 0 aromatic heterocycles. The van der Waals surface area contributed by atoms with Gasteiger partial charge in [-0.25, -0.2) is 0 Å². The summed E-state index contributed by atoms with van der Waals surface area (Å²) in [5.74, 6) is 1.10. The van der Waals surface area contributed by atoms with E-state index in [1.165, 1.54) is 116 Å². The Morgan fingerprint density at radius 3 is 1.45 bits per heavy atom. The van der Waals surface area contributed by atoms with Gasteiger partial charge in [-0.1, -0.05) is 135 Å². The number of carbonyl (C=O) groups excluding carboxylic acids is 1. The van der Waals surface area contributed by atoms with Gasteiger partial charge in [0.15, 0.2) is 11.5 Å². The minimum atomic E-state index is -0.428. The molecule has 38 heavy (non-hydrogen) atoms. The molecule has 1 aromatic carbocycles. The van der Waals surface area contributed by atoms with Crippen molar-refractivity contribution >= 4 is 5.91 Å². The predicted octanol–water partition coefficient (Wildman–Crippen LogP) is 9.16. The van der Waals surface area contributed by atoms with Crippen molar-refractivity contribution in [2.75, 3.05) is 13.2 Å². The van der Waals surface area contributed by atoms with Crippen LogP contribution in [-0.2, 0) is 4.79 Å². The van der Waals surface area contributed by atoms with Crippen LogP contribution in [0.3, 0.4) is 0 Å². The number of nitrogens with two attached hydrogens (primary N) is 2. The molecular weight excluding hydrogens is 472 g/mol. The summed E-state index contributed by atoms with van der Waals surface area (Å²) in [5.41, 5.74) is 12.4. The molecule has 5 heteroatoms. The van der Waals surface area contributed by atoms with Crippen molar-refractivity contribution in [3.8, 4) is 11.5 Å². The van der Waals surface area contributed by atoms with Crippen molar-refractivity contribution in [3.05, 3.63) is 23.8 Å². The molecule has 1 aromatic rings. The second kappa shape index (κ2) is 24.3. The average Bonchev–Trinajstić information content (AvgIpc) is 2.90. The first-order valence-corrected chi connectivity index (χ1v) is 16.0. The molecule has 0 bridgehead atoms. The number of rotatable bonds is 27. The number of primary amides is 1. The van der Waals surface area contributed by atoms with Gasteiger partial charge in [-0.2, -0.15) is 0 Å². The summed E-state index contributed by atoms with van der Waals surface area (Å²) in [6, 6.07) is 5.36. The van der Waals surface area contributed by atoms with Crippen LogP contribution in [0.5, 0.6) is 11.5 Å². The van der Waals surface area contributed by atoms with E-state index in [1.54, 1.807) is 0 Å². The first kappa shape index (κ1) is 34.3. The fourth-order valence-corrected chi connectivity index (χ4v) is 4.87. The van der Waals surface area contributed by atoms with Crippen molar-refractivity contribution in [3.63, 3.8) is 0 Å². The second-order valence-corrected chi connectivity index (χ2v) is 11.0. The fourth-order valence-electron chi connectivity index (χ4n) is 4.87. The zero-order chi connectivity index (χ0) is 27.7. The minimum Gasteiger partial charge on any atom is -0.490 e. The Kier molecular flexibility index (Phi) is 21.9. The van der Waals surface area contributed by atoms with Crippen LogP contribution >= 0.6 is 0 Å². The third-order valence-electron chi connectivity index (χ3n) is 7.33. The summed E-state index contributed by atoms with van der Waals surface area (Å²) in [6.07, 6.45) is 26.1. The maximum atomic E-state index is 11.3. The lowest BCUT2D eigenvalue weighted by molar-refractivity contribution is -0.118. The van der Waals surface area contributed by atoms with Gasteiger partial charge in [0.2, 0.25) is 5.91 Å². The van der Waals surface area contributed by atoms with Gasteiger partial charge in [-0.15, -0.1) is 0 Å². The Morgan fingerprint density at radius 2 is 1.03 bits per heavy atom. The predicted molar refractivity (Wildman–Crippen MR) is 162 cm³/mol. The van der Waals surface area contributed by atoms with Crippen LogP contribution in [0.15, 0.2) is 18.2 Å². The summed E-state index contributed by atoms with van der Waals surface area (Å²) >= 11 is 0. The van der Waals surface area contributed by atoms with E-state index in [0.717, 1.165) is 29.9 Å². The van der Waals surface area contributed by atoms with Gasteiger partial charge < -0.3 is 20.9 Å². The van der Waals surface area contributed by atoms with E-state index in [0.29, 0.717) is 13.2 Å². The Balaban J connectivity index is 2.37. The van der Waals surface area contributed by atoms with E-state index in [-0.39, 0.29) is 6.42 Å². The quantitative estimate of drug-likeness (QED) is 0.111. The molecule has 1 atom stereocenters. The van der Waals surface area contributed by atoms with Gasteiger partial charge >= 0.3 is 0 Å². The third-order valence-corrected chi connectivity index (χ3v) is 7.33. The summed E-state index contributed by atoms with van der Waals surface area (Å²) in [7, 11) is 0. The summed E-state index contributed by atoms with van der Waals surface area (Å²) in [6.45, 7) is 5.89. The van der Waals surface area contributed by atoms with Gasteiger partial charge in [0.1, 0.15) is 0 Å². The molecule has 4 N–H and O–H groups in total. The summed E-state index contributed by atoms with van der Waals surface area (Å²) in [5, 5.41) is 0. The lowest BCUT2D eigenvalue weighted by atomic mass is 10.0. The zero-order valence-corrected chi connectivity index (χ0v) is 25.0. The van der Waals surface area contributed by atoms with Crippen molar-refractivity contribution in [1.29, 1.82) is 0 Å². The molecule has 0 fully saturated rings. The standard InChI is InChI=1S/C33H60N2O3/c1-3-5-7-9-11-13-15-17-19-21-25-37-31-24-23-29(30(34)28-33(35)36)27-32(31)38-26-22-20-18-16-14-12-10-8-6-4-2/h23-24,27,30H,3-22,25-26,28,34H2,1-2H3,(H2,35,36). The van der Waals surface area contributed by atoms with Crippen LogP contribution in [0.25, 0.3) is 0 Å². The number of hydrogen-bond donors (Lipinski definition) is 2. The molecule has 5 nitrogen and oxygen atoms in total. The third kappa shape index (κ3) is 18.5. The van der Waals surface area contributed by atoms with Crippen LogP contribution in [0.4, 0.5) is 0 Å². The van der Waals surface area contributed by atoms with E-state index in [4.69, 9.17) is 20.9 Å². The Hall–Kier alpha value is -1.75. The lowest BCUT2D eigenvalue weighted by Gasteiger charge is -2.17. The largest absolute Gasteiger partial charge is 0.490 e. The van der Waals surface area contributed by atoms with Gasteiger partial charge in [-0.3, -0.25) is 4.79 Å². The Morgan fingerprint density at radius 1 is 0.632 bits per heavy atom. The van der Waals surface area contributed by atoms with E-state index in [2.05, 4.69) is 13.8 Å². The molecular formula is C33H60N2O3. The normalized spacial score (nSPS) is 12.0. The highest BCUT2D eigenvalue weighted by atomic mass is 16.5. The van der Waals surface area contributed by atoms with Crippen LogP contribution in [0.1, 0.15) is 160 Å². The lowest BCUT2D eigenvalue weighted by Crippen LogP contribution is -2.20. The molecule has 0 spiro atoms. The van der Waals surface area contributed by atoms with Crippen LogP contribution in [0, 0.1) is 0 Å². The number of amides is 1. The topological polar surface area (TPSA) is 87.6 Å². The first-order valence-electron chi connectivity index (χ1n) is 16.0. The van der Waals surface area contributed by atoms with Gasteiger partial charge in [0.25, 0.3) is 0 Å². The molecule has 220 valence electrons. The SMILES string of the molecule is CCCCCCCCCCCCOc1ccc(C(N)CC(N)=O)cc1OCCCCCCCCCCCC. The minimum absolute atomic E-state index is 0.122. The number of benzene rings is 1. The van der Waals surface area contributed by atoms with Crippen molar-refractivity contribution in [2.24, 2.45) is 11.5 Å². The van der Waals surface area contributed by atoms with E-state index in [1.807, 2.05) is 18.2 Å². The smallest absolute Gasteiger partial charge is 0.219 e. The Bertz CT molecular complexity index is 695. The summed E-state index contributed by atoms with van der Waals surface area (Å²) < 4.78 is 12.3. The monoisotopic (exact) mass is 532 g/mol. The number of unbranched alkanes of at least 4 members (excludes halogenated alkanes) is 18. The molecule has 1 amide bonds. The summed E-state index contributed by atoms with van der Waals surface area (Å²) in [4.78, 5) is 11.3. The number of carbonyl (C=O) groups is 1. The molecule has 0 heterocycles. The molecule has 0 radical (unpaired) electrons. The van der Waals surface area contributed by atoms with Crippen LogP contribution < -0.4 is 20.9 Å². The maximum absolute atomic E-state index is 11.3. The van der Waals surface area contributed by atoms with Crippen LogP contribution in [-0.4, -0.2) is 19.1 Å². The number of ether oxygens (including phenoxy) is 2. The zero-order valence-electron chi connectivity index (χ0n) is 25.0. The molecule has 1 rings (SSSR count). The highest BCUT2D eigenvalue weighted by Gasteiger charge is 2.14. The molecule has 0 aliphatic carbocycles. The van der Waals surface area contributed by atoms with E-state index >= 15 is 0 Å². The fraction of sp³-hybridized carbons (Fsp3) is 0.788. The van der Waals surface area contributed by atoms with Crippen molar-refractivity contribution in [1.82, 2.24) is 0 Å². The van der Waals surface area contributed by atoms with Gasteiger partial charge in [-0.05, 0) is 30.5 Å². The number of hydrogen-bond acceptors (Lipinski definition) is 4. The van der Waals surface area contributed by atoms with E-state index in [9.17, 15) is 4.79 Å².